The van der Waals surface area contributed by atoms with E-state index >= 15 is 0 Å². The van der Waals surface area contributed by atoms with Gasteiger partial charge in [0.15, 0.2) is 0 Å². The van der Waals surface area contributed by atoms with Crippen molar-refractivity contribution >= 4 is 17.3 Å². The molecule has 0 unspecified atom stereocenters. The molecule has 1 aromatic carbocycles. The van der Waals surface area contributed by atoms with Gasteiger partial charge in [-0.15, -0.1) is 0 Å². The van der Waals surface area contributed by atoms with Crippen LogP contribution >= 0.6 is 0 Å². The zero-order chi connectivity index (χ0) is 16.8. The molecule has 1 aromatic heterocycles. The lowest BCUT2D eigenvalue weighted by molar-refractivity contribution is 0.102. The van der Waals surface area contributed by atoms with Crippen LogP contribution < -0.4 is 10.6 Å². The third kappa shape index (κ3) is 5.09. The van der Waals surface area contributed by atoms with Crippen LogP contribution in [0, 0.1) is 19.8 Å². The lowest BCUT2D eigenvalue weighted by atomic mass is 10.1. The van der Waals surface area contributed by atoms with Gasteiger partial charge in [0.1, 0.15) is 5.69 Å². The molecule has 0 aliphatic carbocycles. The lowest BCUT2D eigenvalue weighted by Crippen LogP contribution is -2.14. The van der Waals surface area contributed by atoms with Gasteiger partial charge in [-0.2, -0.15) is 0 Å². The van der Waals surface area contributed by atoms with Gasteiger partial charge in [-0.05, 0) is 49.9 Å². The van der Waals surface area contributed by atoms with Crippen molar-refractivity contribution in [1.29, 1.82) is 0 Å². The second kappa shape index (κ2) is 7.77. The zero-order valence-corrected chi connectivity index (χ0v) is 14.3. The molecule has 0 radical (unpaired) electrons. The number of carbonyl (C=O) groups excluding carboxylic acids is 1. The number of aryl methyl sites for hydroxylation is 2. The predicted molar refractivity (Wildman–Crippen MR) is 96.1 cm³/mol. The molecule has 23 heavy (non-hydrogen) atoms. The molecule has 0 aliphatic heterocycles. The summed E-state index contributed by atoms with van der Waals surface area (Å²) >= 11 is 0. The Kier molecular flexibility index (Phi) is 5.74. The number of hydrogen-bond acceptors (Lipinski definition) is 3. The van der Waals surface area contributed by atoms with E-state index in [-0.39, 0.29) is 5.91 Å². The standard InChI is InChI=1S/C19H25N3O/c1-13(2)9-10-20-16-6-8-18(21-12-16)19(23)22-17-7-5-14(3)11-15(17)4/h5-8,11-13,20H,9-10H2,1-4H3,(H,22,23). The van der Waals surface area contributed by atoms with Gasteiger partial charge >= 0.3 is 0 Å². The SMILES string of the molecule is Cc1ccc(NC(=O)c2ccc(NCCC(C)C)cn2)c(C)c1. The number of anilines is 2. The van der Waals surface area contributed by atoms with Crippen LogP contribution in [-0.2, 0) is 0 Å². The number of amides is 1. The highest BCUT2D eigenvalue weighted by Crippen LogP contribution is 2.17. The molecule has 0 fully saturated rings. The molecule has 0 spiro atoms. The van der Waals surface area contributed by atoms with Crippen LogP contribution in [0.5, 0.6) is 0 Å². The average molecular weight is 311 g/mol. The minimum absolute atomic E-state index is 0.189. The summed E-state index contributed by atoms with van der Waals surface area (Å²) in [5, 5.41) is 6.22. The highest BCUT2D eigenvalue weighted by atomic mass is 16.1. The number of nitrogens with zero attached hydrogens (tertiary/aromatic N) is 1. The van der Waals surface area contributed by atoms with Crippen LogP contribution in [0.2, 0.25) is 0 Å². The van der Waals surface area contributed by atoms with Crippen LogP contribution in [0.15, 0.2) is 36.5 Å². The number of pyridine rings is 1. The van der Waals surface area contributed by atoms with Crippen molar-refractivity contribution in [3.63, 3.8) is 0 Å². The van der Waals surface area contributed by atoms with Crippen LogP contribution in [-0.4, -0.2) is 17.4 Å². The normalized spacial score (nSPS) is 10.7. The highest BCUT2D eigenvalue weighted by molar-refractivity contribution is 6.03. The first kappa shape index (κ1) is 17.0. The van der Waals surface area contributed by atoms with E-state index in [4.69, 9.17) is 0 Å². The number of rotatable bonds is 6. The van der Waals surface area contributed by atoms with Gasteiger partial charge in [-0.1, -0.05) is 31.5 Å². The van der Waals surface area contributed by atoms with Crippen LogP contribution in [0.3, 0.4) is 0 Å². The molecule has 0 saturated heterocycles. The molecule has 1 heterocycles. The topological polar surface area (TPSA) is 54.0 Å². The Balaban J connectivity index is 1.97. The Morgan fingerprint density at radius 2 is 1.96 bits per heavy atom. The predicted octanol–water partition coefficient (Wildman–Crippen LogP) is 4.41. The first-order valence-corrected chi connectivity index (χ1v) is 8.04. The summed E-state index contributed by atoms with van der Waals surface area (Å²) < 4.78 is 0. The average Bonchev–Trinajstić information content (AvgIpc) is 2.50. The van der Waals surface area contributed by atoms with E-state index in [9.17, 15) is 4.79 Å². The Morgan fingerprint density at radius 1 is 1.17 bits per heavy atom. The summed E-state index contributed by atoms with van der Waals surface area (Å²) in [5.41, 5.74) is 4.40. The van der Waals surface area contributed by atoms with E-state index in [1.165, 1.54) is 5.56 Å². The van der Waals surface area contributed by atoms with Gasteiger partial charge in [0.25, 0.3) is 5.91 Å². The largest absolute Gasteiger partial charge is 0.384 e. The van der Waals surface area contributed by atoms with Gasteiger partial charge in [-0.25, -0.2) is 4.98 Å². The summed E-state index contributed by atoms with van der Waals surface area (Å²) in [6, 6.07) is 9.59. The molecule has 122 valence electrons. The molecule has 2 rings (SSSR count). The molecule has 0 atom stereocenters. The summed E-state index contributed by atoms with van der Waals surface area (Å²) in [5.74, 6) is 0.476. The molecular formula is C19H25N3O. The Labute approximate surface area is 138 Å². The summed E-state index contributed by atoms with van der Waals surface area (Å²) in [7, 11) is 0. The van der Waals surface area contributed by atoms with Gasteiger partial charge in [0.2, 0.25) is 0 Å². The smallest absolute Gasteiger partial charge is 0.274 e. The van der Waals surface area contributed by atoms with Crippen molar-refractivity contribution in [1.82, 2.24) is 4.98 Å². The molecule has 0 saturated carbocycles. The molecule has 4 heteroatoms. The number of carbonyl (C=O) groups is 1. The van der Waals surface area contributed by atoms with Crippen molar-refractivity contribution in [3.05, 3.63) is 53.3 Å². The zero-order valence-electron chi connectivity index (χ0n) is 14.3. The molecule has 1 amide bonds. The second-order valence-electron chi connectivity index (χ2n) is 6.31. The van der Waals surface area contributed by atoms with Gasteiger partial charge in [0, 0.05) is 12.2 Å². The van der Waals surface area contributed by atoms with E-state index in [0.717, 1.165) is 29.9 Å². The molecule has 0 aliphatic rings. The first-order chi connectivity index (χ1) is 11.0. The first-order valence-electron chi connectivity index (χ1n) is 8.04. The highest BCUT2D eigenvalue weighted by Gasteiger charge is 2.09. The Hall–Kier alpha value is -2.36. The second-order valence-corrected chi connectivity index (χ2v) is 6.31. The van der Waals surface area contributed by atoms with Crippen LogP contribution in [0.4, 0.5) is 11.4 Å². The molecule has 2 aromatic rings. The van der Waals surface area contributed by atoms with E-state index < -0.39 is 0 Å². The monoisotopic (exact) mass is 311 g/mol. The van der Waals surface area contributed by atoms with Crippen LogP contribution in [0.25, 0.3) is 0 Å². The fourth-order valence-corrected chi connectivity index (χ4v) is 2.28. The molecular weight excluding hydrogens is 286 g/mol. The third-order valence-corrected chi connectivity index (χ3v) is 3.68. The quantitative estimate of drug-likeness (QED) is 0.831. The Bertz CT molecular complexity index is 663. The van der Waals surface area contributed by atoms with Crippen molar-refractivity contribution in [3.8, 4) is 0 Å². The fourth-order valence-electron chi connectivity index (χ4n) is 2.28. The molecule has 4 nitrogen and oxygen atoms in total. The summed E-state index contributed by atoms with van der Waals surface area (Å²) in [6.07, 6.45) is 2.81. The van der Waals surface area contributed by atoms with Crippen molar-refractivity contribution in [2.24, 2.45) is 5.92 Å². The van der Waals surface area contributed by atoms with Gasteiger partial charge < -0.3 is 10.6 Å². The molecule has 2 N–H and O–H groups in total. The number of aromatic nitrogens is 1. The van der Waals surface area contributed by atoms with E-state index in [1.54, 1.807) is 12.3 Å². The fraction of sp³-hybridized carbons (Fsp3) is 0.368. The van der Waals surface area contributed by atoms with E-state index in [0.29, 0.717) is 11.6 Å². The van der Waals surface area contributed by atoms with Crippen molar-refractivity contribution in [2.75, 3.05) is 17.2 Å². The van der Waals surface area contributed by atoms with E-state index in [2.05, 4.69) is 29.5 Å². The van der Waals surface area contributed by atoms with Crippen LogP contribution in [0.1, 0.15) is 41.9 Å². The van der Waals surface area contributed by atoms with Crippen molar-refractivity contribution in [2.45, 2.75) is 34.1 Å². The maximum atomic E-state index is 12.3. The minimum Gasteiger partial charge on any atom is -0.384 e. The van der Waals surface area contributed by atoms with E-state index in [1.807, 2.05) is 38.1 Å². The van der Waals surface area contributed by atoms with Gasteiger partial charge in [0.05, 0.1) is 11.9 Å². The number of hydrogen-bond donors (Lipinski definition) is 2. The third-order valence-electron chi connectivity index (χ3n) is 3.68. The van der Waals surface area contributed by atoms with Gasteiger partial charge in [-0.3, -0.25) is 4.79 Å². The minimum atomic E-state index is -0.189. The molecule has 0 bridgehead atoms. The Morgan fingerprint density at radius 3 is 2.57 bits per heavy atom. The maximum absolute atomic E-state index is 12.3. The number of benzene rings is 1. The lowest BCUT2D eigenvalue weighted by Gasteiger charge is -2.10. The van der Waals surface area contributed by atoms with Crippen molar-refractivity contribution < 1.29 is 4.79 Å². The summed E-state index contributed by atoms with van der Waals surface area (Å²) in [6.45, 7) is 9.32. The maximum Gasteiger partial charge on any atom is 0.274 e. The number of nitrogens with one attached hydrogen (secondary N) is 2. The summed E-state index contributed by atoms with van der Waals surface area (Å²) in [4.78, 5) is 16.5.